The number of hydrogen-bond acceptors (Lipinski definition) is 5. The number of hydrogen-bond donors (Lipinski definition) is 2. The first kappa shape index (κ1) is 16.2. The van der Waals surface area contributed by atoms with Gasteiger partial charge in [0.1, 0.15) is 0 Å². The Morgan fingerprint density at radius 1 is 1.38 bits per heavy atom. The molecule has 114 valence electrons. The molecule has 0 heterocycles. The van der Waals surface area contributed by atoms with Crippen molar-refractivity contribution in [3.63, 3.8) is 0 Å². The van der Waals surface area contributed by atoms with Crippen molar-refractivity contribution in [3.8, 4) is 0 Å². The van der Waals surface area contributed by atoms with Crippen LogP contribution in [0.3, 0.4) is 0 Å². The molecule has 0 aliphatic carbocycles. The molecule has 0 saturated heterocycles. The van der Waals surface area contributed by atoms with E-state index in [1.165, 1.54) is 0 Å². The Bertz CT molecular complexity index is 587. The normalized spacial score (nSPS) is 10.8. The van der Waals surface area contributed by atoms with Crippen LogP contribution >= 0.6 is 0 Å². The number of nitrogens with one attached hydrogen (secondary N) is 1. The van der Waals surface area contributed by atoms with Crippen LogP contribution in [0.25, 0.3) is 0 Å². The van der Waals surface area contributed by atoms with Crippen molar-refractivity contribution in [1.82, 2.24) is 0 Å². The van der Waals surface area contributed by atoms with Gasteiger partial charge in [-0.2, -0.15) is 13.2 Å². The third kappa shape index (κ3) is 4.97. The van der Waals surface area contributed by atoms with Crippen LogP contribution in [0.5, 0.6) is 0 Å². The lowest BCUT2D eigenvalue weighted by atomic mass is 10.1. The molecule has 8 nitrogen and oxygen atoms in total. The minimum Gasteiger partial charge on any atom is -0.478 e. The highest BCUT2D eigenvalue weighted by atomic mass is 19.4. The van der Waals surface area contributed by atoms with Crippen molar-refractivity contribution >= 4 is 23.4 Å². The molecule has 21 heavy (non-hydrogen) atoms. The molecule has 0 atom stereocenters. The highest BCUT2D eigenvalue weighted by Gasteiger charge is 2.30. The molecule has 0 aromatic heterocycles. The van der Waals surface area contributed by atoms with Crippen LogP contribution in [0.15, 0.2) is 18.2 Å². The molecular formula is C10H7F3N2O6. The van der Waals surface area contributed by atoms with E-state index in [1.54, 1.807) is 5.32 Å². The van der Waals surface area contributed by atoms with Gasteiger partial charge in [0.15, 0.2) is 6.61 Å². The minimum absolute atomic E-state index is 0.537. The van der Waals surface area contributed by atoms with Gasteiger partial charge in [0, 0.05) is 12.1 Å². The van der Waals surface area contributed by atoms with Crippen LogP contribution in [0.1, 0.15) is 10.4 Å². The summed E-state index contributed by atoms with van der Waals surface area (Å²) in [6.45, 7) is -1.88. The topological polar surface area (TPSA) is 119 Å². The number of nitrogens with zero attached hydrogens (tertiary/aromatic N) is 1. The fraction of sp³-hybridized carbons (Fsp3) is 0.200. The second kappa shape index (κ2) is 6.07. The number of non-ortho nitro benzene ring substituents is 1. The monoisotopic (exact) mass is 308 g/mol. The summed E-state index contributed by atoms with van der Waals surface area (Å²) in [6, 6.07) is 2.40. The van der Waals surface area contributed by atoms with Crippen molar-refractivity contribution in [2.24, 2.45) is 0 Å². The van der Waals surface area contributed by atoms with Gasteiger partial charge >= 0.3 is 18.2 Å². The van der Waals surface area contributed by atoms with Crippen molar-refractivity contribution in [2.45, 2.75) is 6.18 Å². The van der Waals surface area contributed by atoms with Crippen LogP contribution in [0.4, 0.5) is 29.3 Å². The summed E-state index contributed by atoms with van der Waals surface area (Å²) in [4.78, 5) is 31.7. The Balaban J connectivity index is 2.94. The van der Waals surface area contributed by atoms with Gasteiger partial charge in [-0.1, -0.05) is 0 Å². The van der Waals surface area contributed by atoms with E-state index in [0.29, 0.717) is 6.07 Å². The Hall–Kier alpha value is -2.85. The van der Waals surface area contributed by atoms with Crippen molar-refractivity contribution in [1.29, 1.82) is 0 Å². The Labute approximate surface area is 114 Å². The number of ether oxygens (including phenoxy) is 1. The lowest BCUT2D eigenvalue weighted by molar-refractivity contribution is -0.384. The maximum absolute atomic E-state index is 11.8. The van der Waals surface area contributed by atoms with E-state index in [4.69, 9.17) is 5.11 Å². The van der Waals surface area contributed by atoms with Gasteiger partial charge in [0.05, 0.1) is 16.2 Å². The van der Waals surface area contributed by atoms with Crippen LogP contribution in [-0.2, 0) is 4.74 Å². The number of carboxylic acid groups (broad SMARTS) is 1. The molecule has 1 rings (SSSR count). The fourth-order valence-electron chi connectivity index (χ4n) is 1.23. The first-order valence-electron chi connectivity index (χ1n) is 5.12. The number of nitro groups is 1. The van der Waals surface area contributed by atoms with Crippen LogP contribution in [0.2, 0.25) is 0 Å². The van der Waals surface area contributed by atoms with E-state index in [-0.39, 0.29) is 0 Å². The summed E-state index contributed by atoms with van der Waals surface area (Å²) < 4.78 is 39.3. The molecule has 0 unspecified atom stereocenters. The second-order valence-electron chi connectivity index (χ2n) is 3.61. The van der Waals surface area contributed by atoms with Crippen LogP contribution < -0.4 is 5.32 Å². The highest BCUT2D eigenvalue weighted by Crippen LogP contribution is 2.23. The first-order chi connectivity index (χ1) is 9.60. The summed E-state index contributed by atoms with van der Waals surface area (Å²) in [5, 5.41) is 21.1. The van der Waals surface area contributed by atoms with E-state index in [2.05, 4.69) is 4.74 Å². The molecule has 0 bridgehead atoms. The summed E-state index contributed by atoms with van der Waals surface area (Å²) in [5.41, 5.74) is -1.64. The summed E-state index contributed by atoms with van der Waals surface area (Å²) in [7, 11) is 0. The average Bonchev–Trinajstić information content (AvgIpc) is 2.35. The molecule has 0 aliphatic heterocycles. The Morgan fingerprint density at radius 2 is 2.00 bits per heavy atom. The number of rotatable bonds is 4. The van der Waals surface area contributed by atoms with E-state index in [9.17, 15) is 32.9 Å². The zero-order chi connectivity index (χ0) is 16.2. The number of amides is 1. The third-order valence-electron chi connectivity index (χ3n) is 2.05. The zero-order valence-electron chi connectivity index (χ0n) is 10.0. The number of carbonyl (C=O) groups excluding carboxylic acids is 1. The van der Waals surface area contributed by atoms with Gasteiger partial charge in [0.25, 0.3) is 5.69 Å². The number of benzene rings is 1. The van der Waals surface area contributed by atoms with Crippen molar-refractivity contribution < 1.29 is 37.5 Å². The minimum atomic E-state index is -4.75. The standard InChI is InChI=1S/C10H7F3N2O6/c11-10(12,13)4-21-9(18)14-7-3-5(15(19)20)1-2-6(7)8(16)17/h1-3H,4H2,(H,14,18)(H,16,17). The summed E-state index contributed by atoms with van der Waals surface area (Å²) in [5.74, 6) is -1.53. The molecule has 11 heteroatoms. The Morgan fingerprint density at radius 3 is 2.48 bits per heavy atom. The number of carboxylic acids is 1. The molecule has 0 aliphatic rings. The van der Waals surface area contributed by atoms with Gasteiger partial charge in [-0.25, -0.2) is 9.59 Å². The van der Waals surface area contributed by atoms with Crippen molar-refractivity contribution in [3.05, 3.63) is 33.9 Å². The summed E-state index contributed by atoms with van der Waals surface area (Å²) >= 11 is 0. The van der Waals surface area contributed by atoms with E-state index >= 15 is 0 Å². The van der Waals surface area contributed by atoms with Gasteiger partial charge in [-0.15, -0.1) is 0 Å². The smallest absolute Gasteiger partial charge is 0.422 e. The lowest BCUT2D eigenvalue weighted by Gasteiger charge is -2.10. The molecule has 0 fully saturated rings. The molecule has 2 N–H and O–H groups in total. The number of anilines is 1. The van der Waals surface area contributed by atoms with Gasteiger partial charge < -0.3 is 9.84 Å². The van der Waals surface area contributed by atoms with Crippen LogP contribution in [0, 0.1) is 10.1 Å². The predicted molar refractivity (Wildman–Crippen MR) is 61.1 cm³/mol. The SMILES string of the molecule is O=C(Nc1cc([N+](=O)[O-])ccc1C(=O)O)OCC(F)(F)F. The van der Waals surface area contributed by atoms with E-state index in [0.717, 1.165) is 12.1 Å². The van der Waals surface area contributed by atoms with Crippen LogP contribution in [-0.4, -0.2) is 34.9 Å². The van der Waals surface area contributed by atoms with Gasteiger partial charge in [-0.3, -0.25) is 15.4 Å². The van der Waals surface area contributed by atoms with Crippen molar-refractivity contribution in [2.75, 3.05) is 11.9 Å². The summed E-state index contributed by atoms with van der Waals surface area (Å²) in [6.07, 6.45) is -6.34. The lowest BCUT2D eigenvalue weighted by Crippen LogP contribution is -2.24. The van der Waals surface area contributed by atoms with Gasteiger partial charge in [-0.05, 0) is 6.07 Å². The number of aromatic carboxylic acids is 1. The second-order valence-corrected chi connectivity index (χ2v) is 3.61. The predicted octanol–water partition coefficient (Wildman–Crippen LogP) is 2.40. The maximum Gasteiger partial charge on any atom is 0.422 e. The number of nitro benzene ring substituents is 1. The molecule has 1 aromatic carbocycles. The highest BCUT2D eigenvalue weighted by molar-refractivity contribution is 5.99. The van der Waals surface area contributed by atoms with E-state index in [1.807, 2.05) is 0 Å². The molecule has 0 saturated carbocycles. The number of halogens is 3. The third-order valence-corrected chi connectivity index (χ3v) is 2.05. The average molecular weight is 308 g/mol. The number of alkyl halides is 3. The molecule has 0 radical (unpaired) electrons. The maximum atomic E-state index is 11.8. The fourth-order valence-corrected chi connectivity index (χ4v) is 1.23. The van der Waals surface area contributed by atoms with Gasteiger partial charge in [0.2, 0.25) is 0 Å². The quantitative estimate of drug-likeness (QED) is 0.651. The first-order valence-corrected chi connectivity index (χ1v) is 5.12. The molecule has 1 amide bonds. The largest absolute Gasteiger partial charge is 0.478 e. The number of carbonyl (C=O) groups is 2. The zero-order valence-corrected chi connectivity index (χ0v) is 10.0. The molecule has 1 aromatic rings. The Kier molecular flexibility index (Phi) is 4.68. The molecular weight excluding hydrogens is 301 g/mol. The molecule has 0 spiro atoms. The van der Waals surface area contributed by atoms with E-state index < -0.39 is 46.7 Å².